The molecule has 1 saturated heterocycles. The summed E-state index contributed by atoms with van der Waals surface area (Å²) in [5.41, 5.74) is 0. The summed E-state index contributed by atoms with van der Waals surface area (Å²) in [6, 6.07) is 0. The highest BCUT2D eigenvalue weighted by atomic mass is 35.5. The van der Waals surface area contributed by atoms with Crippen molar-refractivity contribution in [3.8, 4) is 0 Å². The largest absolute Gasteiger partial charge is 0.340 e. The molecule has 0 saturated carbocycles. The number of alkyl halides is 1. The van der Waals surface area contributed by atoms with E-state index in [-0.39, 0.29) is 12.4 Å². The van der Waals surface area contributed by atoms with Gasteiger partial charge in [-0.15, -0.1) is 12.4 Å². The van der Waals surface area contributed by atoms with Crippen molar-refractivity contribution >= 4 is 12.4 Å². The third-order valence-electron chi connectivity index (χ3n) is 1.62. The van der Waals surface area contributed by atoms with Gasteiger partial charge < -0.3 is 4.74 Å². The van der Waals surface area contributed by atoms with Crippen LogP contribution in [0.2, 0.25) is 0 Å². The minimum Gasteiger partial charge on any atom is -0.340 e. The van der Waals surface area contributed by atoms with Crippen LogP contribution < -0.4 is 0 Å². The molecule has 1 fully saturated rings. The third-order valence-corrected chi connectivity index (χ3v) is 1.62. The minimum absolute atomic E-state index is 0. The molecule has 0 aromatic rings. The highest BCUT2D eigenvalue weighted by molar-refractivity contribution is 5.85. The fourth-order valence-corrected chi connectivity index (χ4v) is 1.09. The van der Waals surface area contributed by atoms with Gasteiger partial charge in [-0.25, -0.2) is 0 Å². The third kappa shape index (κ3) is 2.40. The van der Waals surface area contributed by atoms with Gasteiger partial charge in [0.05, 0.1) is 0 Å². The quantitative estimate of drug-likeness (QED) is 0.580. The van der Waals surface area contributed by atoms with Gasteiger partial charge in [0.15, 0.2) is 0 Å². The molecule has 0 bridgehead atoms. The lowest BCUT2D eigenvalue weighted by atomic mass is 10.4. The van der Waals surface area contributed by atoms with Crippen molar-refractivity contribution in [1.29, 1.82) is 0 Å². The number of methoxy groups -OCH3 is 1. The zero-order valence-electron chi connectivity index (χ0n) is 6.05. The Morgan fingerprint density at radius 1 is 1.40 bits per heavy atom. The fraction of sp³-hybridized carbons (Fsp3) is 1.00. The van der Waals surface area contributed by atoms with Crippen molar-refractivity contribution in [1.82, 2.24) is 4.90 Å². The summed E-state index contributed by atoms with van der Waals surface area (Å²) in [6.07, 6.45) is 2.20. The lowest BCUT2D eigenvalue weighted by molar-refractivity contribution is -0.112. The second-order valence-electron chi connectivity index (χ2n) is 2.27. The molecule has 10 heavy (non-hydrogen) atoms. The van der Waals surface area contributed by atoms with E-state index in [4.69, 9.17) is 0 Å². The average Bonchev–Trinajstić information content (AvgIpc) is 2.37. The maximum atomic E-state index is 12.5. The van der Waals surface area contributed by atoms with E-state index >= 15 is 0 Å². The fourth-order valence-electron chi connectivity index (χ4n) is 1.09. The van der Waals surface area contributed by atoms with Crippen LogP contribution in [0.15, 0.2) is 0 Å². The number of nitrogens with zero attached hydrogens (tertiary/aromatic N) is 1. The predicted molar refractivity (Wildman–Crippen MR) is 40.0 cm³/mol. The van der Waals surface area contributed by atoms with Crippen molar-refractivity contribution in [2.45, 2.75) is 19.3 Å². The van der Waals surface area contributed by atoms with Crippen LogP contribution in [0, 0.1) is 0 Å². The van der Waals surface area contributed by atoms with E-state index in [1.54, 1.807) is 4.90 Å². The van der Waals surface area contributed by atoms with Crippen LogP contribution in [0.5, 0.6) is 0 Å². The number of likely N-dealkylation sites (tertiary alicyclic amines) is 1. The van der Waals surface area contributed by atoms with Crippen LogP contribution >= 0.6 is 12.4 Å². The number of hydrogen-bond donors (Lipinski definition) is 0. The van der Waals surface area contributed by atoms with Gasteiger partial charge in [-0.2, -0.15) is 4.39 Å². The summed E-state index contributed by atoms with van der Waals surface area (Å²) in [6.45, 7) is 0.511. The van der Waals surface area contributed by atoms with E-state index in [2.05, 4.69) is 4.74 Å². The molecule has 1 heterocycles. The molecule has 4 heteroatoms. The van der Waals surface area contributed by atoms with Gasteiger partial charge in [0, 0.05) is 20.2 Å². The minimum atomic E-state index is -1.17. The Hall–Kier alpha value is 0.140. The molecule has 0 aromatic carbocycles. The Kier molecular flexibility index (Phi) is 4.95. The Morgan fingerprint density at radius 2 is 1.90 bits per heavy atom. The second-order valence-corrected chi connectivity index (χ2v) is 2.27. The van der Waals surface area contributed by atoms with E-state index in [0.717, 1.165) is 25.9 Å². The first-order valence-electron chi connectivity index (χ1n) is 3.25. The second kappa shape index (κ2) is 4.88. The highest BCUT2D eigenvalue weighted by Gasteiger charge is 2.19. The highest BCUT2D eigenvalue weighted by Crippen LogP contribution is 2.12. The summed E-state index contributed by atoms with van der Waals surface area (Å²) in [5.74, 6) is 0. The molecule has 2 nitrogen and oxygen atoms in total. The van der Waals surface area contributed by atoms with Gasteiger partial charge in [-0.3, -0.25) is 4.90 Å². The number of rotatable bonds is 2. The Labute approximate surface area is 66.8 Å². The average molecular weight is 170 g/mol. The first-order chi connectivity index (χ1) is 4.34. The van der Waals surface area contributed by atoms with Crippen LogP contribution in [-0.4, -0.2) is 31.6 Å². The summed E-state index contributed by atoms with van der Waals surface area (Å²) in [4.78, 5) is 1.69. The smallest absolute Gasteiger partial charge is 0.257 e. The Balaban J connectivity index is 0.000000810. The van der Waals surface area contributed by atoms with E-state index in [1.807, 2.05) is 0 Å². The van der Waals surface area contributed by atoms with Crippen molar-refractivity contribution in [2.24, 2.45) is 0 Å². The standard InChI is InChI=1S/C6H12FNO.ClH/c1-9-6(7)8-4-2-3-5-8;/h6H,2-5H2,1H3;1H. The zero-order chi connectivity index (χ0) is 6.69. The van der Waals surface area contributed by atoms with Crippen LogP contribution in [0.1, 0.15) is 12.8 Å². The summed E-state index contributed by atoms with van der Waals surface area (Å²) in [7, 11) is 1.39. The van der Waals surface area contributed by atoms with Crippen molar-refractivity contribution in [3.63, 3.8) is 0 Å². The van der Waals surface area contributed by atoms with Crippen molar-refractivity contribution in [2.75, 3.05) is 20.2 Å². The number of halogens is 2. The topological polar surface area (TPSA) is 12.5 Å². The molecule has 0 aromatic heterocycles. The van der Waals surface area contributed by atoms with Gasteiger partial charge in [0.1, 0.15) is 0 Å². The molecule has 0 spiro atoms. The van der Waals surface area contributed by atoms with Gasteiger partial charge >= 0.3 is 0 Å². The van der Waals surface area contributed by atoms with E-state index in [1.165, 1.54) is 7.11 Å². The molecule has 62 valence electrons. The zero-order valence-corrected chi connectivity index (χ0v) is 6.86. The molecule has 0 radical (unpaired) electrons. The van der Waals surface area contributed by atoms with Gasteiger partial charge in [0.2, 0.25) is 0 Å². The number of ether oxygens (including phenoxy) is 1. The van der Waals surface area contributed by atoms with Crippen LogP contribution in [0.3, 0.4) is 0 Å². The van der Waals surface area contributed by atoms with Gasteiger partial charge in [-0.1, -0.05) is 0 Å². The maximum absolute atomic E-state index is 12.5. The molecular weight excluding hydrogens is 157 g/mol. The molecule has 0 N–H and O–H groups in total. The first-order valence-corrected chi connectivity index (χ1v) is 3.25. The predicted octanol–water partition coefficient (Wildman–Crippen LogP) is 1.40. The van der Waals surface area contributed by atoms with Crippen LogP contribution in [0.4, 0.5) is 4.39 Å². The molecule has 0 aliphatic carbocycles. The van der Waals surface area contributed by atoms with Gasteiger partial charge in [0.25, 0.3) is 6.48 Å². The molecular formula is C6H13ClFNO. The molecule has 1 atom stereocenters. The lowest BCUT2D eigenvalue weighted by Gasteiger charge is -2.17. The molecule has 0 amide bonds. The Morgan fingerprint density at radius 3 is 2.30 bits per heavy atom. The summed E-state index contributed by atoms with van der Waals surface area (Å²) in [5, 5.41) is 0. The molecule has 1 aliphatic heterocycles. The SMILES string of the molecule is COC(F)N1CCCC1.Cl. The molecule has 1 aliphatic rings. The van der Waals surface area contributed by atoms with Crippen molar-refractivity contribution in [3.05, 3.63) is 0 Å². The lowest BCUT2D eigenvalue weighted by Crippen LogP contribution is -2.30. The molecule has 1 rings (SSSR count). The van der Waals surface area contributed by atoms with E-state index in [9.17, 15) is 4.39 Å². The number of hydrogen-bond acceptors (Lipinski definition) is 2. The summed E-state index contributed by atoms with van der Waals surface area (Å²) < 4.78 is 17.0. The Bertz CT molecular complexity index is 87.8. The van der Waals surface area contributed by atoms with E-state index in [0.29, 0.717) is 0 Å². The first kappa shape index (κ1) is 10.1. The normalized spacial score (nSPS) is 22.2. The van der Waals surface area contributed by atoms with Gasteiger partial charge in [-0.05, 0) is 12.8 Å². The van der Waals surface area contributed by atoms with Crippen molar-refractivity contribution < 1.29 is 9.13 Å². The maximum Gasteiger partial charge on any atom is 0.257 e. The van der Waals surface area contributed by atoms with Crippen LogP contribution in [0.25, 0.3) is 0 Å². The van der Waals surface area contributed by atoms with Crippen LogP contribution in [-0.2, 0) is 4.74 Å². The molecule has 1 unspecified atom stereocenters. The monoisotopic (exact) mass is 169 g/mol. The van der Waals surface area contributed by atoms with E-state index < -0.39 is 6.48 Å². The summed E-state index contributed by atoms with van der Waals surface area (Å²) >= 11 is 0.